The van der Waals surface area contributed by atoms with Gasteiger partial charge in [0.15, 0.2) is 11.5 Å². The number of ether oxygens (including phenoxy) is 2. The molecule has 0 fully saturated rings. The van der Waals surface area contributed by atoms with E-state index in [1.54, 1.807) is 26.4 Å². The summed E-state index contributed by atoms with van der Waals surface area (Å²) in [6, 6.07) is 18.7. The lowest BCUT2D eigenvalue weighted by atomic mass is 9.87. The Bertz CT molecular complexity index is 1120. The summed E-state index contributed by atoms with van der Waals surface area (Å²) < 4.78 is 25.3. The van der Waals surface area contributed by atoms with Crippen molar-refractivity contribution in [1.82, 2.24) is 4.90 Å². The Morgan fingerprint density at radius 2 is 1.78 bits per heavy atom. The zero-order valence-corrected chi connectivity index (χ0v) is 18.5. The van der Waals surface area contributed by atoms with Crippen LogP contribution >= 0.6 is 0 Å². The number of amides is 1. The first-order valence-corrected chi connectivity index (χ1v) is 10.6. The highest BCUT2D eigenvalue weighted by Gasteiger charge is 2.31. The Balaban J connectivity index is 1.65. The van der Waals surface area contributed by atoms with Crippen LogP contribution in [0.25, 0.3) is 0 Å². The van der Waals surface area contributed by atoms with Gasteiger partial charge in [-0.15, -0.1) is 0 Å². The van der Waals surface area contributed by atoms with Crippen LogP contribution in [0, 0.1) is 12.7 Å². The molecule has 3 aromatic rings. The molecule has 1 N–H and O–H groups in total. The molecule has 3 aromatic carbocycles. The van der Waals surface area contributed by atoms with E-state index in [1.807, 2.05) is 37.3 Å². The molecule has 0 aliphatic carbocycles. The molecule has 0 saturated carbocycles. The van der Waals surface area contributed by atoms with Gasteiger partial charge in [0.2, 0.25) is 5.91 Å². The van der Waals surface area contributed by atoms with Crippen LogP contribution in [0.4, 0.5) is 10.1 Å². The molecule has 32 heavy (non-hydrogen) atoms. The zero-order valence-electron chi connectivity index (χ0n) is 18.5. The van der Waals surface area contributed by atoms with Gasteiger partial charge in [0.25, 0.3) is 0 Å². The van der Waals surface area contributed by atoms with E-state index in [0.29, 0.717) is 18.0 Å². The Hall–Kier alpha value is -3.38. The quantitative estimate of drug-likeness (QED) is 0.609. The van der Waals surface area contributed by atoms with Crippen LogP contribution in [-0.2, 0) is 11.2 Å². The monoisotopic (exact) mass is 434 g/mol. The molecule has 1 aliphatic rings. The number of aryl methyl sites for hydroxylation is 1. The molecular weight excluding hydrogens is 407 g/mol. The van der Waals surface area contributed by atoms with E-state index in [4.69, 9.17) is 9.47 Å². The third-order valence-corrected chi connectivity index (χ3v) is 5.83. The van der Waals surface area contributed by atoms with Crippen LogP contribution in [0.2, 0.25) is 0 Å². The van der Waals surface area contributed by atoms with E-state index in [0.717, 1.165) is 28.7 Å². The Labute approximate surface area is 187 Å². The molecule has 1 amide bonds. The van der Waals surface area contributed by atoms with E-state index in [2.05, 4.69) is 22.3 Å². The number of rotatable bonds is 6. The summed E-state index contributed by atoms with van der Waals surface area (Å²) in [7, 11) is 3.24. The SMILES string of the molecule is COc1cc2c(cc1OC)[C@H](c1ccccc1)N(CC(=O)Nc1ccc(C)cc1F)CC2. The lowest BCUT2D eigenvalue weighted by Crippen LogP contribution is -2.41. The summed E-state index contributed by atoms with van der Waals surface area (Å²) >= 11 is 0. The maximum atomic E-state index is 14.2. The van der Waals surface area contributed by atoms with Gasteiger partial charge in [0, 0.05) is 6.54 Å². The van der Waals surface area contributed by atoms with Gasteiger partial charge in [-0.3, -0.25) is 9.69 Å². The summed E-state index contributed by atoms with van der Waals surface area (Å²) in [5.41, 5.74) is 4.32. The Morgan fingerprint density at radius 1 is 1.06 bits per heavy atom. The van der Waals surface area contributed by atoms with E-state index in [-0.39, 0.29) is 24.2 Å². The van der Waals surface area contributed by atoms with Gasteiger partial charge in [-0.05, 0) is 59.9 Å². The van der Waals surface area contributed by atoms with E-state index in [1.165, 1.54) is 6.07 Å². The lowest BCUT2D eigenvalue weighted by molar-refractivity contribution is -0.117. The molecule has 0 aromatic heterocycles. The highest BCUT2D eigenvalue weighted by molar-refractivity contribution is 5.92. The average molecular weight is 435 g/mol. The second-order valence-electron chi connectivity index (χ2n) is 7.97. The van der Waals surface area contributed by atoms with E-state index in [9.17, 15) is 9.18 Å². The molecule has 1 heterocycles. The first kappa shape index (κ1) is 21.8. The molecule has 1 atom stereocenters. The van der Waals surface area contributed by atoms with Crippen molar-refractivity contribution in [3.63, 3.8) is 0 Å². The Morgan fingerprint density at radius 3 is 2.47 bits per heavy atom. The minimum atomic E-state index is -0.432. The summed E-state index contributed by atoms with van der Waals surface area (Å²) in [5, 5.41) is 2.72. The van der Waals surface area contributed by atoms with Crippen molar-refractivity contribution in [3.8, 4) is 11.5 Å². The van der Waals surface area contributed by atoms with Crippen molar-refractivity contribution in [2.24, 2.45) is 0 Å². The average Bonchev–Trinajstić information content (AvgIpc) is 2.80. The molecule has 4 rings (SSSR count). The van der Waals surface area contributed by atoms with Gasteiger partial charge < -0.3 is 14.8 Å². The van der Waals surface area contributed by atoms with Crippen LogP contribution in [0.3, 0.4) is 0 Å². The number of carbonyl (C=O) groups excluding carboxylic acids is 1. The highest BCUT2D eigenvalue weighted by Crippen LogP contribution is 2.40. The molecule has 0 saturated heterocycles. The van der Waals surface area contributed by atoms with Gasteiger partial charge in [-0.2, -0.15) is 0 Å². The highest BCUT2D eigenvalue weighted by atomic mass is 19.1. The van der Waals surface area contributed by atoms with Gasteiger partial charge in [0.05, 0.1) is 32.5 Å². The summed E-state index contributed by atoms with van der Waals surface area (Å²) in [6.07, 6.45) is 0.769. The Kier molecular flexibility index (Phi) is 6.42. The molecule has 0 radical (unpaired) electrons. The topological polar surface area (TPSA) is 50.8 Å². The number of anilines is 1. The summed E-state index contributed by atoms with van der Waals surface area (Å²) in [4.78, 5) is 15.0. The smallest absolute Gasteiger partial charge is 0.238 e. The van der Waals surface area contributed by atoms with Gasteiger partial charge in [0.1, 0.15) is 5.82 Å². The fourth-order valence-electron chi connectivity index (χ4n) is 4.29. The van der Waals surface area contributed by atoms with Gasteiger partial charge in [-0.1, -0.05) is 36.4 Å². The number of halogens is 1. The number of benzene rings is 3. The van der Waals surface area contributed by atoms with Crippen LogP contribution < -0.4 is 14.8 Å². The third kappa shape index (κ3) is 4.46. The molecule has 5 nitrogen and oxygen atoms in total. The van der Waals surface area contributed by atoms with Crippen molar-refractivity contribution >= 4 is 11.6 Å². The van der Waals surface area contributed by atoms with Crippen LogP contribution in [0.5, 0.6) is 11.5 Å². The third-order valence-electron chi connectivity index (χ3n) is 5.83. The lowest BCUT2D eigenvalue weighted by Gasteiger charge is -2.37. The van der Waals surface area contributed by atoms with E-state index >= 15 is 0 Å². The predicted octanol–water partition coefficient (Wildman–Crippen LogP) is 4.74. The molecule has 1 aliphatic heterocycles. The minimum Gasteiger partial charge on any atom is -0.493 e. The minimum absolute atomic E-state index is 0.131. The van der Waals surface area contributed by atoms with Crippen molar-refractivity contribution in [3.05, 3.63) is 88.7 Å². The largest absolute Gasteiger partial charge is 0.493 e. The number of nitrogens with one attached hydrogen (secondary N) is 1. The maximum Gasteiger partial charge on any atom is 0.238 e. The molecule has 166 valence electrons. The summed E-state index contributed by atoms with van der Waals surface area (Å²) in [5.74, 6) is 0.663. The fourth-order valence-corrected chi connectivity index (χ4v) is 4.29. The van der Waals surface area contributed by atoms with Gasteiger partial charge >= 0.3 is 0 Å². The second-order valence-corrected chi connectivity index (χ2v) is 7.97. The standard InChI is InChI=1S/C26H27FN2O3/c1-17-9-10-22(21(27)13-17)28-25(30)16-29-12-11-19-14-23(31-2)24(32-3)15-20(19)26(29)18-7-5-4-6-8-18/h4-10,13-15,26H,11-12,16H2,1-3H3,(H,28,30)/t26-/m0/s1. The van der Waals surface area contributed by atoms with Crippen molar-refractivity contribution in [2.45, 2.75) is 19.4 Å². The number of methoxy groups -OCH3 is 2. The van der Waals surface area contributed by atoms with E-state index < -0.39 is 5.82 Å². The number of fused-ring (bicyclic) bond motifs is 1. The number of carbonyl (C=O) groups is 1. The zero-order chi connectivity index (χ0) is 22.7. The summed E-state index contributed by atoms with van der Waals surface area (Å²) in [6.45, 7) is 2.64. The van der Waals surface area contributed by atoms with Crippen LogP contribution in [0.15, 0.2) is 60.7 Å². The van der Waals surface area contributed by atoms with Crippen LogP contribution in [0.1, 0.15) is 28.3 Å². The van der Waals surface area contributed by atoms with Crippen LogP contribution in [-0.4, -0.2) is 38.1 Å². The number of hydrogen-bond acceptors (Lipinski definition) is 4. The molecule has 0 spiro atoms. The van der Waals surface area contributed by atoms with Gasteiger partial charge in [-0.25, -0.2) is 4.39 Å². The molecular formula is C26H27FN2O3. The van der Waals surface area contributed by atoms with Crippen molar-refractivity contribution < 1.29 is 18.7 Å². The number of hydrogen-bond donors (Lipinski definition) is 1. The first-order valence-electron chi connectivity index (χ1n) is 10.6. The van der Waals surface area contributed by atoms with Crippen molar-refractivity contribution in [1.29, 1.82) is 0 Å². The maximum absolute atomic E-state index is 14.2. The molecule has 6 heteroatoms. The second kappa shape index (κ2) is 9.40. The molecule has 0 bridgehead atoms. The molecule has 0 unspecified atom stereocenters. The fraction of sp³-hybridized carbons (Fsp3) is 0.269. The number of nitrogens with zero attached hydrogens (tertiary/aromatic N) is 1. The predicted molar refractivity (Wildman–Crippen MR) is 123 cm³/mol. The van der Waals surface area contributed by atoms with Crippen molar-refractivity contribution in [2.75, 3.05) is 32.6 Å². The normalized spacial score (nSPS) is 15.7. The first-order chi connectivity index (χ1) is 15.5.